The van der Waals surface area contributed by atoms with Gasteiger partial charge in [-0.1, -0.05) is 55.3 Å². The number of carbonyl (C=O) groups is 1. The average molecular weight is 387 g/mol. The summed E-state index contributed by atoms with van der Waals surface area (Å²) in [5.41, 5.74) is 5.63. The fraction of sp³-hybridized carbons (Fsp3) is 0.364. The van der Waals surface area contributed by atoms with Crippen molar-refractivity contribution in [1.82, 2.24) is 5.43 Å². The highest BCUT2D eigenvalue weighted by Gasteiger charge is 2.06. The molecule has 5 heteroatoms. The molecule has 0 heterocycles. The number of aryl methyl sites for hydroxylation is 1. The minimum absolute atomic E-state index is 0.101. The molecule has 2 aromatic carbocycles. The summed E-state index contributed by atoms with van der Waals surface area (Å²) in [6.07, 6.45) is 3.96. The highest BCUT2D eigenvalue weighted by Crippen LogP contribution is 2.21. The van der Waals surface area contributed by atoms with Crippen LogP contribution >= 0.6 is 11.6 Å². The quantitative estimate of drug-likeness (QED) is 0.332. The smallest absolute Gasteiger partial charge is 0.240 e. The van der Waals surface area contributed by atoms with Gasteiger partial charge in [-0.25, -0.2) is 5.43 Å². The first-order valence-corrected chi connectivity index (χ1v) is 9.77. The van der Waals surface area contributed by atoms with Crippen molar-refractivity contribution in [3.8, 4) is 5.75 Å². The molecule has 2 aromatic rings. The van der Waals surface area contributed by atoms with Crippen LogP contribution in [0.1, 0.15) is 50.2 Å². The maximum Gasteiger partial charge on any atom is 0.240 e. The van der Waals surface area contributed by atoms with Crippen molar-refractivity contribution >= 4 is 23.2 Å². The summed E-state index contributed by atoms with van der Waals surface area (Å²) in [5, 5.41) is 5.04. The number of rotatable bonds is 10. The first-order chi connectivity index (χ1) is 13.1. The number of amides is 1. The molecule has 0 aromatic heterocycles. The van der Waals surface area contributed by atoms with Crippen LogP contribution in [0.25, 0.3) is 0 Å². The molecular weight excluding hydrogens is 360 g/mol. The number of ether oxygens (including phenoxy) is 1. The predicted octanol–water partition coefficient (Wildman–Crippen LogP) is 5.52. The van der Waals surface area contributed by atoms with E-state index in [4.69, 9.17) is 16.3 Å². The summed E-state index contributed by atoms with van der Waals surface area (Å²) in [4.78, 5) is 12.1. The fourth-order valence-corrected chi connectivity index (χ4v) is 2.84. The van der Waals surface area contributed by atoms with Crippen LogP contribution in [0.5, 0.6) is 5.75 Å². The van der Waals surface area contributed by atoms with Gasteiger partial charge in [0.2, 0.25) is 5.91 Å². The molecule has 1 amide bonds. The third-order valence-electron chi connectivity index (χ3n) is 4.13. The number of benzene rings is 2. The molecule has 1 N–H and O–H groups in total. The van der Waals surface area contributed by atoms with Gasteiger partial charge >= 0.3 is 0 Å². The molecule has 0 aliphatic rings. The van der Waals surface area contributed by atoms with Crippen LogP contribution in [0.15, 0.2) is 53.6 Å². The van der Waals surface area contributed by atoms with Crippen LogP contribution in [0, 0.1) is 6.92 Å². The summed E-state index contributed by atoms with van der Waals surface area (Å²) in [6, 6.07) is 15.5. The van der Waals surface area contributed by atoms with Gasteiger partial charge in [-0.05, 0) is 55.5 Å². The fourth-order valence-electron chi connectivity index (χ4n) is 2.61. The van der Waals surface area contributed by atoms with Crippen LogP contribution in [-0.4, -0.2) is 18.2 Å². The monoisotopic (exact) mass is 386 g/mol. The number of nitrogens with zero attached hydrogens (tertiary/aromatic N) is 1. The Bertz CT molecular complexity index is 760. The van der Waals surface area contributed by atoms with Crippen LogP contribution in [-0.2, 0) is 4.79 Å². The molecule has 27 heavy (non-hydrogen) atoms. The third-order valence-corrected chi connectivity index (χ3v) is 4.37. The lowest BCUT2D eigenvalue weighted by atomic mass is 10.1. The predicted molar refractivity (Wildman–Crippen MR) is 112 cm³/mol. The number of hydrogen-bond acceptors (Lipinski definition) is 3. The van der Waals surface area contributed by atoms with Crippen LogP contribution in [0.2, 0.25) is 5.02 Å². The second-order valence-corrected chi connectivity index (χ2v) is 6.86. The minimum Gasteiger partial charge on any atom is -0.493 e. The van der Waals surface area contributed by atoms with Gasteiger partial charge in [0.1, 0.15) is 5.75 Å². The Balaban J connectivity index is 1.80. The number of carbonyl (C=O) groups excluding carboxylic acids is 1. The topological polar surface area (TPSA) is 50.7 Å². The molecule has 0 unspecified atom stereocenters. The van der Waals surface area contributed by atoms with Crippen molar-refractivity contribution < 1.29 is 9.53 Å². The highest BCUT2D eigenvalue weighted by atomic mass is 35.5. The zero-order valence-corrected chi connectivity index (χ0v) is 16.8. The maximum absolute atomic E-state index is 12.1. The molecule has 0 spiro atoms. The van der Waals surface area contributed by atoms with Gasteiger partial charge < -0.3 is 4.74 Å². The maximum atomic E-state index is 12.1. The van der Waals surface area contributed by atoms with Gasteiger partial charge in [-0.2, -0.15) is 5.10 Å². The number of nitrogens with one attached hydrogen (secondary N) is 1. The third kappa shape index (κ3) is 7.43. The van der Waals surface area contributed by atoms with Crippen molar-refractivity contribution in [2.75, 3.05) is 6.61 Å². The Morgan fingerprint density at radius 2 is 1.89 bits per heavy atom. The second-order valence-electron chi connectivity index (χ2n) is 6.42. The van der Waals surface area contributed by atoms with E-state index in [0.29, 0.717) is 24.5 Å². The van der Waals surface area contributed by atoms with Crippen molar-refractivity contribution in [3.05, 3.63) is 64.7 Å². The van der Waals surface area contributed by atoms with E-state index in [0.717, 1.165) is 41.9 Å². The van der Waals surface area contributed by atoms with E-state index >= 15 is 0 Å². The molecule has 144 valence electrons. The summed E-state index contributed by atoms with van der Waals surface area (Å²) in [5.74, 6) is 0.695. The number of halogens is 1. The lowest BCUT2D eigenvalue weighted by molar-refractivity contribution is -0.121. The van der Waals surface area contributed by atoms with Crippen LogP contribution < -0.4 is 10.2 Å². The van der Waals surface area contributed by atoms with E-state index in [1.807, 2.05) is 49.4 Å². The summed E-state index contributed by atoms with van der Waals surface area (Å²) < 4.78 is 5.72. The SMILES string of the molecule is CCCCC(=NNC(=O)CCCOc1ccc(Cl)cc1C)c1ccccc1. The zero-order chi connectivity index (χ0) is 19.5. The number of hydrogen-bond donors (Lipinski definition) is 1. The molecule has 0 saturated carbocycles. The van der Waals surface area contributed by atoms with Crippen molar-refractivity contribution in [2.45, 2.75) is 46.0 Å². The van der Waals surface area contributed by atoms with E-state index < -0.39 is 0 Å². The Morgan fingerprint density at radius 1 is 1.11 bits per heavy atom. The second kappa shape index (κ2) is 11.4. The largest absolute Gasteiger partial charge is 0.493 e. The molecule has 0 saturated heterocycles. The van der Waals surface area contributed by atoms with Gasteiger partial charge in [0, 0.05) is 11.4 Å². The highest BCUT2D eigenvalue weighted by molar-refractivity contribution is 6.30. The lowest BCUT2D eigenvalue weighted by Gasteiger charge is -2.09. The van der Waals surface area contributed by atoms with Gasteiger partial charge in [-0.15, -0.1) is 0 Å². The van der Waals surface area contributed by atoms with Gasteiger partial charge in [0.15, 0.2) is 0 Å². The first kappa shape index (κ1) is 21.0. The van der Waals surface area contributed by atoms with E-state index in [1.165, 1.54) is 0 Å². The standard InChI is InChI=1S/C22H27ClN2O2/c1-3-4-11-20(18-9-6-5-7-10-18)24-25-22(26)12-8-15-27-21-14-13-19(23)16-17(21)2/h5-7,9-10,13-14,16H,3-4,8,11-12,15H2,1-2H3,(H,25,26). The Labute approximate surface area is 166 Å². The number of unbranched alkanes of at least 4 members (excludes halogenated alkanes) is 1. The number of hydrazone groups is 1. The molecule has 0 aliphatic heterocycles. The molecule has 0 bridgehead atoms. The first-order valence-electron chi connectivity index (χ1n) is 9.40. The van der Waals surface area contributed by atoms with E-state index in [9.17, 15) is 4.79 Å². The lowest BCUT2D eigenvalue weighted by Crippen LogP contribution is -2.20. The summed E-state index contributed by atoms with van der Waals surface area (Å²) in [7, 11) is 0. The van der Waals surface area contributed by atoms with Gasteiger partial charge in [0.25, 0.3) is 0 Å². The molecule has 0 aliphatic carbocycles. The van der Waals surface area contributed by atoms with Gasteiger partial charge in [-0.3, -0.25) is 4.79 Å². The molecule has 0 fully saturated rings. The summed E-state index contributed by atoms with van der Waals surface area (Å²) >= 11 is 5.94. The Hall–Kier alpha value is -2.33. The van der Waals surface area contributed by atoms with Gasteiger partial charge in [0.05, 0.1) is 12.3 Å². The normalized spacial score (nSPS) is 11.3. The average Bonchev–Trinajstić information content (AvgIpc) is 2.67. The van der Waals surface area contributed by atoms with Crippen molar-refractivity contribution in [2.24, 2.45) is 5.10 Å². The van der Waals surface area contributed by atoms with Crippen molar-refractivity contribution in [1.29, 1.82) is 0 Å². The van der Waals surface area contributed by atoms with Crippen LogP contribution in [0.4, 0.5) is 0 Å². The Kier molecular flexibility index (Phi) is 8.85. The van der Waals surface area contributed by atoms with E-state index in [1.54, 1.807) is 6.07 Å². The molecule has 0 radical (unpaired) electrons. The van der Waals surface area contributed by atoms with E-state index in [2.05, 4.69) is 17.5 Å². The van der Waals surface area contributed by atoms with Crippen LogP contribution in [0.3, 0.4) is 0 Å². The van der Waals surface area contributed by atoms with E-state index in [-0.39, 0.29) is 5.91 Å². The zero-order valence-electron chi connectivity index (χ0n) is 16.0. The molecule has 4 nitrogen and oxygen atoms in total. The molecular formula is C22H27ClN2O2. The minimum atomic E-state index is -0.101. The molecule has 2 rings (SSSR count). The summed E-state index contributed by atoms with van der Waals surface area (Å²) in [6.45, 7) is 4.56. The molecule has 0 atom stereocenters. The Morgan fingerprint density at radius 3 is 2.59 bits per heavy atom. The van der Waals surface area contributed by atoms with Crippen molar-refractivity contribution in [3.63, 3.8) is 0 Å².